The molecule has 0 radical (unpaired) electrons. The van der Waals surface area contributed by atoms with Gasteiger partial charge in [0.15, 0.2) is 0 Å². The molecule has 1 saturated heterocycles. The molecule has 1 aliphatic heterocycles. The Labute approximate surface area is 154 Å². The van der Waals surface area contributed by atoms with Gasteiger partial charge in [-0.3, -0.25) is 15.3 Å². The first-order valence-electron chi connectivity index (χ1n) is 9.19. The summed E-state index contributed by atoms with van der Waals surface area (Å²) in [5.41, 5.74) is 4.46. The lowest BCUT2D eigenvalue weighted by Crippen LogP contribution is -2.33. The fourth-order valence-electron chi connectivity index (χ4n) is 3.57. The molecular weight excluding hydrogens is 322 g/mol. The van der Waals surface area contributed by atoms with E-state index in [0.29, 0.717) is 0 Å². The van der Waals surface area contributed by atoms with Crippen molar-refractivity contribution in [1.29, 1.82) is 0 Å². The molecule has 0 saturated carbocycles. The Balaban J connectivity index is 1.55. The van der Waals surface area contributed by atoms with E-state index in [4.69, 9.17) is 4.98 Å². The first-order chi connectivity index (χ1) is 12.8. The lowest BCUT2D eigenvalue weighted by Gasteiger charge is -2.30. The first-order valence-corrected chi connectivity index (χ1v) is 9.19. The Kier molecular flexibility index (Phi) is 4.97. The van der Waals surface area contributed by atoms with E-state index in [1.165, 1.54) is 5.56 Å². The minimum Gasteiger partial charge on any atom is -0.299 e. The monoisotopic (exact) mass is 345 g/mol. The SMILES string of the molecule is Cc1ccc(Cc2ccccn2)nc1[C@H]1CCC[C@@H](c2ncccn2)N1. The van der Waals surface area contributed by atoms with E-state index in [0.717, 1.165) is 48.6 Å². The molecular formula is C21H23N5. The molecule has 3 aromatic heterocycles. The van der Waals surface area contributed by atoms with Gasteiger partial charge in [-0.15, -0.1) is 0 Å². The van der Waals surface area contributed by atoms with Gasteiger partial charge < -0.3 is 0 Å². The second-order valence-electron chi connectivity index (χ2n) is 6.81. The number of hydrogen-bond donors (Lipinski definition) is 1. The fraction of sp³-hybridized carbons (Fsp3) is 0.333. The zero-order chi connectivity index (χ0) is 17.8. The number of aromatic nitrogens is 4. The van der Waals surface area contributed by atoms with E-state index in [1.807, 2.05) is 42.9 Å². The number of piperidine rings is 1. The van der Waals surface area contributed by atoms with Gasteiger partial charge in [-0.25, -0.2) is 9.97 Å². The van der Waals surface area contributed by atoms with Crippen LogP contribution < -0.4 is 5.32 Å². The van der Waals surface area contributed by atoms with Crippen molar-refractivity contribution in [3.8, 4) is 0 Å². The quantitative estimate of drug-likeness (QED) is 0.781. The molecule has 1 N–H and O–H groups in total. The largest absolute Gasteiger partial charge is 0.299 e. The summed E-state index contributed by atoms with van der Waals surface area (Å²) in [6.45, 7) is 2.14. The molecule has 4 rings (SSSR count). The van der Waals surface area contributed by atoms with E-state index in [9.17, 15) is 0 Å². The van der Waals surface area contributed by atoms with Gasteiger partial charge in [0.25, 0.3) is 0 Å². The lowest BCUT2D eigenvalue weighted by molar-refractivity contribution is 0.315. The third-order valence-electron chi connectivity index (χ3n) is 4.90. The van der Waals surface area contributed by atoms with E-state index >= 15 is 0 Å². The van der Waals surface area contributed by atoms with Crippen molar-refractivity contribution in [2.45, 2.75) is 44.7 Å². The van der Waals surface area contributed by atoms with E-state index < -0.39 is 0 Å². The van der Waals surface area contributed by atoms with Crippen molar-refractivity contribution < 1.29 is 0 Å². The van der Waals surface area contributed by atoms with E-state index in [1.54, 1.807) is 0 Å². The summed E-state index contributed by atoms with van der Waals surface area (Å²) in [4.78, 5) is 18.2. The first kappa shape index (κ1) is 16.8. The average Bonchev–Trinajstić information content (AvgIpc) is 2.71. The lowest BCUT2D eigenvalue weighted by atomic mass is 9.93. The Morgan fingerprint density at radius 3 is 2.50 bits per heavy atom. The molecule has 0 aliphatic carbocycles. The molecule has 1 fully saturated rings. The van der Waals surface area contributed by atoms with E-state index in [-0.39, 0.29) is 12.1 Å². The number of pyridine rings is 2. The molecule has 5 nitrogen and oxygen atoms in total. The van der Waals surface area contributed by atoms with Gasteiger partial charge in [-0.2, -0.15) is 0 Å². The molecule has 0 aromatic carbocycles. The van der Waals surface area contributed by atoms with Gasteiger partial charge in [-0.1, -0.05) is 12.1 Å². The summed E-state index contributed by atoms with van der Waals surface area (Å²) in [6, 6.07) is 12.6. The zero-order valence-electron chi connectivity index (χ0n) is 15.0. The van der Waals surface area contributed by atoms with Crippen LogP contribution in [0.2, 0.25) is 0 Å². The van der Waals surface area contributed by atoms with Crippen LogP contribution in [0.3, 0.4) is 0 Å². The summed E-state index contributed by atoms with van der Waals surface area (Å²) in [5, 5.41) is 3.71. The van der Waals surface area contributed by atoms with Gasteiger partial charge in [0.1, 0.15) is 5.82 Å². The molecule has 3 aromatic rings. The van der Waals surface area contributed by atoms with Gasteiger partial charge in [-0.05, 0) is 56.0 Å². The van der Waals surface area contributed by atoms with Crippen molar-refractivity contribution in [2.24, 2.45) is 0 Å². The summed E-state index contributed by atoms with van der Waals surface area (Å²) in [6.07, 6.45) is 9.50. The van der Waals surface area contributed by atoms with Crippen LogP contribution in [0.5, 0.6) is 0 Å². The maximum Gasteiger partial charge on any atom is 0.145 e. The maximum atomic E-state index is 4.98. The minimum atomic E-state index is 0.190. The molecule has 5 heteroatoms. The second kappa shape index (κ2) is 7.70. The van der Waals surface area contributed by atoms with E-state index in [2.05, 4.69) is 39.3 Å². The normalized spacial score (nSPS) is 20.0. The Morgan fingerprint density at radius 1 is 0.885 bits per heavy atom. The smallest absolute Gasteiger partial charge is 0.145 e. The van der Waals surface area contributed by atoms with Crippen molar-refractivity contribution in [2.75, 3.05) is 0 Å². The van der Waals surface area contributed by atoms with Crippen molar-refractivity contribution >= 4 is 0 Å². The molecule has 132 valence electrons. The Bertz CT molecular complexity index is 851. The van der Waals surface area contributed by atoms with Gasteiger partial charge in [0, 0.05) is 36.4 Å². The van der Waals surface area contributed by atoms with Crippen LogP contribution in [0.1, 0.15) is 59.8 Å². The number of aryl methyl sites for hydroxylation is 1. The molecule has 4 heterocycles. The van der Waals surface area contributed by atoms with Crippen LogP contribution in [-0.4, -0.2) is 19.9 Å². The van der Waals surface area contributed by atoms with Gasteiger partial charge in [0.05, 0.1) is 17.8 Å². The highest BCUT2D eigenvalue weighted by atomic mass is 15.0. The number of nitrogens with zero attached hydrogens (tertiary/aromatic N) is 4. The van der Waals surface area contributed by atoms with Crippen LogP contribution in [0.25, 0.3) is 0 Å². The summed E-state index contributed by atoms with van der Waals surface area (Å²) in [7, 11) is 0. The minimum absolute atomic E-state index is 0.190. The fourth-order valence-corrected chi connectivity index (χ4v) is 3.57. The third-order valence-corrected chi connectivity index (χ3v) is 4.90. The topological polar surface area (TPSA) is 63.6 Å². The van der Waals surface area contributed by atoms with Crippen LogP contribution in [-0.2, 0) is 6.42 Å². The second-order valence-corrected chi connectivity index (χ2v) is 6.81. The molecule has 0 unspecified atom stereocenters. The number of hydrogen-bond acceptors (Lipinski definition) is 5. The zero-order valence-corrected chi connectivity index (χ0v) is 15.0. The third kappa shape index (κ3) is 3.78. The standard InChI is InChI=1S/C21H23N5/c1-15-9-10-17(14-16-6-2-3-11-22-16)25-20(15)18-7-4-8-19(26-18)21-23-12-5-13-24-21/h2-3,5-6,9-13,18-19,26H,4,7-8,14H2,1H3/t18-,19+/m1/s1. The highest BCUT2D eigenvalue weighted by molar-refractivity contribution is 5.27. The van der Waals surface area contributed by atoms with Crippen LogP contribution >= 0.6 is 0 Å². The highest BCUT2D eigenvalue weighted by Gasteiger charge is 2.26. The number of rotatable bonds is 4. The molecule has 26 heavy (non-hydrogen) atoms. The predicted octanol–water partition coefficient (Wildman–Crippen LogP) is 3.72. The molecule has 2 atom stereocenters. The van der Waals surface area contributed by atoms with Crippen LogP contribution in [0.15, 0.2) is 55.0 Å². The van der Waals surface area contributed by atoms with Gasteiger partial charge in [0.2, 0.25) is 0 Å². The molecule has 0 spiro atoms. The van der Waals surface area contributed by atoms with Crippen LogP contribution in [0.4, 0.5) is 0 Å². The summed E-state index contributed by atoms with van der Waals surface area (Å²) >= 11 is 0. The number of nitrogens with one attached hydrogen (secondary N) is 1. The predicted molar refractivity (Wildman–Crippen MR) is 101 cm³/mol. The summed E-state index contributed by atoms with van der Waals surface area (Å²) in [5.74, 6) is 0.875. The molecule has 0 amide bonds. The van der Waals surface area contributed by atoms with Crippen molar-refractivity contribution in [3.05, 3.63) is 83.5 Å². The molecule has 0 bridgehead atoms. The van der Waals surface area contributed by atoms with Crippen LogP contribution in [0, 0.1) is 6.92 Å². The Hall–Kier alpha value is -2.66. The summed E-state index contributed by atoms with van der Waals surface area (Å²) < 4.78 is 0. The van der Waals surface area contributed by atoms with Crippen molar-refractivity contribution in [1.82, 2.24) is 25.3 Å². The van der Waals surface area contributed by atoms with Crippen molar-refractivity contribution in [3.63, 3.8) is 0 Å². The average molecular weight is 345 g/mol. The molecule has 1 aliphatic rings. The highest BCUT2D eigenvalue weighted by Crippen LogP contribution is 2.32. The van der Waals surface area contributed by atoms with Gasteiger partial charge >= 0.3 is 0 Å². The Morgan fingerprint density at radius 2 is 1.69 bits per heavy atom. The maximum absolute atomic E-state index is 4.98.